The van der Waals surface area contributed by atoms with Crippen molar-refractivity contribution in [1.29, 1.82) is 0 Å². The minimum atomic E-state index is -0.955. The Morgan fingerprint density at radius 1 is 1.18 bits per heavy atom. The monoisotopic (exact) mass is 753 g/mol. The first-order valence-electron chi connectivity index (χ1n) is 16.1. The molecule has 9 nitrogen and oxygen atoms in total. The molecule has 3 atom stereocenters. The average Bonchev–Trinajstić information content (AvgIpc) is 3.63. The molecular weight excluding hydrogens is 723 g/mol. The van der Waals surface area contributed by atoms with E-state index in [0.29, 0.717) is 58.9 Å². The number of carbonyl (C=O) groups is 1. The van der Waals surface area contributed by atoms with E-state index in [9.17, 15) is 13.6 Å². The molecule has 0 unspecified atom stereocenters. The topological polar surface area (TPSA) is 79.1 Å². The molecule has 2 aromatic carbocycles. The molecule has 254 valence electrons. The summed E-state index contributed by atoms with van der Waals surface area (Å²) in [5, 5.41) is 1.61. The Morgan fingerprint density at radius 2 is 2.04 bits per heavy atom. The van der Waals surface area contributed by atoms with Crippen molar-refractivity contribution in [1.82, 2.24) is 24.8 Å². The zero-order chi connectivity index (χ0) is 34.3. The Balaban J connectivity index is 1.32. The Hall–Kier alpha value is -3.99. The fraction of sp³-hybridized carbons (Fsp3) is 0.400. The van der Waals surface area contributed by atoms with Gasteiger partial charge in [-0.1, -0.05) is 57.9 Å². The second kappa shape index (κ2) is 13.7. The second-order valence-electron chi connectivity index (χ2n) is 12.7. The van der Waals surface area contributed by atoms with E-state index in [1.165, 1.54) is 18.3 Å². The molecule has 3 aliphatic heterocycles. The molecule has 0 aliphatic carbocycles. The number of fused-ring (bicyclic) bond motifs is 3. The number of allylic oxidation sites excluding steroid dienone is 1. The van der Waals surface area contributed by atoms with Crippen LogP contribution in [0.3, 0.4) is 0 Å². The number of halogens is 5. The van der Waals surface area contributed by atoms with Crippen LogP contribution in [-0.2, 0) is 4.79 Å². The van der Waals surface area contributed by atoms with Gasteiger partial charge in [-0.25, -0.2) is 19.7 Å². The number of piperazine rings is 1. The van der Waals surface area contributed by atoms with Gasteiger partial charge in [0.1, 0.15) is 41.7 Å². The van der Waals surface area contributed by atoms with Gasteiger partial charge in [0.2, 0.25) is 12.5 Å². The van der Waals surface area contributed by atoms with Crippen molar-refractivity contribution < 1.29 is 22.7 Å². The van der Waals surface area contributed by atoms with Crippen LogP contribution in [0.15, 0.2) is 48.7 Å². The lowest BCUT2D eigenvalue weighted by Gasteiger charge is -2.39. The number of nitrogens with zero attached hydrogens (tertiary/aromatic N) is 7. The van der Waals surface area contributed by atoms with Crippen LogP contribution in [0.5, 0.6) is 6.01 Å². The van der Waals surface area contributed by atoms with Gasteiger partial charge in [0.05, 0.1) is 15.9 Å². The summed E-state index contributed by atoms with van der Waals surface area (Å²) >= 11 is 9.69. The van der Waals surface area contributed by atoms with Gasteiger partial charge < -0.3 is 19.4 Å². The van der Waals surface area contributed by atoms with Gasteiger partial charge in [0.15, 0.2) is 5.82 Å². The van der Waals surface area contributed by atoms with E-state index in [0.717, 1.165) is 19.4 Å². The quantitative estimate of drug-likeness (QED) is 0.114. The van der Waals surface area contributed by atoms with Gasteiger partial charge in [-0.05, 0) is 36.9 Å². The zero-order valence-electron chi connectivity index (χ0n) is 26.4. The van der Waals surface area contributed by atoms with Crippen LogP contribution in [0, 0.1) is 18.2 Å². The van der Waals surface area contributed by atoms with Crippen LogP contribution in [0.1, 0.15) is 19.3 Å². The maximum Gasteiger partial charge on any atom is 0.319 e. The highest BCUT2D eigenvalue weighted by Gasteiger charge is 2.49. The maximum atomic E-state index is 16.8. The first kappa shape index (κ1) is 33.5. The van der Waals surface area contributed by atoms with Crippen LogP contribution in [0.25, 0.3) is 37.8 Å². The average molecular weight is 755 g/mol. The Bertz CT molecular complexity index is 2010. The molecule has 3 fully saturated rings. The van der Waals surface area contributed by atoms with E-state index in [-0.39, 0.29) is 47.8 Å². The second-order valence-corrected chi connectivity index (χ2v) is 13.7. The molecule has 49 heavy (non-hydrogen) atoms. The number of hydrogen-bond donors (Lipinski definition) is 0. The normalized spacial score (nSPS) is 22.7. The number of amides is 1. The van der Waals surface area contributed by atoms with Crippen molar-refractivity contribution in [2.45, 2.75) is 37.0 Å². The number of hydrogen-bond acceptors (Lipinski definition) is 7. The highest BCUT2D eigenvalue weighted by atomic mass is 79.9. The third-order valence-corrected chi connectivity index (χ3v) is 10.5. The molecule has 2 aromatic heterocycles. The zero-order valence-corrected chi connectivity index (χ0v) is 28.7. The molecule has 0 saturated carbocycles. The van der Waals surface area contributed by atoms with Crippen molar-refractivity contribution in [2.24, 2.45) is 0 Å². The molecule has 4 aromatic rings. The fourth-order valence-electron chi connectivity index (χ4n) is 7.51. The van der Waals surface area contributed by atoms with Gasteiger partial charge in [-0.3, -0.25) is 14.7 Å². The van der Waals surface area contributed by atoms with E-state index >= 15 is 4.39 Å². The fourth-order valence-corrected chi connectivity index (χ4v) is 7.97. The van der Waals surface area contributed by atoms with E-state index in [1.54, 1.807) is 35.2 Å². The summed E-state index contributed by atoms with van der Waals surface area (Å²) < 4.78 is 52.2. The molecule has 1 amide bonds. The molecule has 0 spiro atoms. The molecule has 0 radical (unpaired) electrons. The Morgan fingerprint density at radius 3 is 2.86 bits per heavy atom. The van der Waals surface area contributed by atoms with E-state index < -0.39 is 29.4 Å². The van der Waals surface area contributed by atoms with Crippen molar-refractivity contribution >= 4 is 60.9 Å². The first-order chi connectivity index (χ1) is 23.7. The van der Waals surface area contributed by atoms with E-state index in [4.69, 9.17) is 27.9 Å². The molecule has 3 saturated heterocycles. The van der Waals surface area contributed by atoms with Crippen LogP contribution < -0.4 is 9.64 Å². The predicted molar refractivity (Wildman–Crippen MR) is 186 cm³/mol. The molecular formula is C35H32BrClF3N7O2. The SMILES string of the molecule is [C-]#[N+]C[C@H]1CN(c2nc(OC[C@@]34CCCN3C[C@H](F)C4)nc3c(F)c(-c4cccc5ccc(F)c(Cl)c45)ncc23)CCN1C(=O)/C=C/CBr. The number of aromatic nitrogens is 3. The highest BCUT2D eigenvalue weighted by Crippen LogP contribution is 2.41. The minimum absolute atomic E-state index is 0.0642. The molecule has 5 heterocycles. The smallest absolute Gasteiger partial charge is 0.319 e. The van der Waals surface area contributed by atoms with Crippen LogP contribution >= 0.6 is 27.5 Å². The van der Waals surface area contributed by atoms with Crippen molar-refractivity contribution in [3.63, 3.8) is 0 Å². The summed E-state index contributed by atoms with van der Waals surface area (Å²) in [5.41, 5.74) is -0.326. The summed E-state index contributed by atoms with van der Waals surface area (Å²) in [7, 11) is 0. The Kier molecular flexibility index (Phi) is 9.39. The number of rotatable bonds is 8. The maximum absolute atomic E-state index is 16.8. The molecule has 0 bridgehead atoms. The lowest BCUT2D eigenvalue weighted by molar-refractivity contribution is -0.128. The van der Waals surface area contributed by atoms with E-state index in [2.05, 4.69) is 35.6 Å². The Labute approximate surface area is 294 Å². The summed E-state index contributed by atoms with van der Waals surface area (Å²) in [6.45, 7) is 9.78. The largest absolute Gasteiger partial charge is 0.461 e. The van der Waals surface area contributed by atoms with E-state index in [1.807, 2.05) is 4.90 Å². The molecule has 0 N–H and O–H groups in total. The van der Waals surface area contributed by atoms with Crippen LogP contribution in [0.2, 0.25) is 5.02 Å². The summed E-state index contributed by atoms with van der Waals surface area (Å²) in [6.07, 6.45) is 5.74. The lowest BCUT2D eigenvalue weighted by atomic mass is 9.95. The number of pyridine rings is 1. The third kappa shape index (κ3) is 6.19. The van der Waals surface area contributed by atoms with Gasteiger partial charge in [0.25, 0.3) is 0 Å². The van der Waals surface area contributed by atoms with Gasteiger partial charge in [-0.15, -0.1) is 0 Å². The molecule has 7 rings (SSSR count). The first-order valence-corrected chi connectivity index (χ1v) is 17.6. The molecule has 14 heteroatoms. The minimum Gasteiger partial charge on any atom is -0.461 e. The van der Waals surface area contributed by atoms with Gasteiger partial charge in [-0.2, -0.15) is 9.97 Å². The number of benzene rings is 2. The van der Waals surface area contributed by atoms with Gasteiger partial charge in [0, 0.05) is 55.1 Å². The molecule has 3 aliphatic rings. The summed E-state index contributed by atoms with van der Waals surface area (Å²) in [6, 6.07) is 7.39. The number of carbonyl (C=O) groups excluding carboxylic acids is 1. The third-order valence-electron chi connectivity index (χ3n) is 9.78. The lowest BCUT2D eigenvalue weighted by Crippen LogP contribution is -2.56. The van der Waals surface area contributed by atoms with Crippen molar-refractivity contribution in [3.8, 4) is 17.3 Å². The van der Waals surface area contributed by atoms with Crippen molar-refractivity contribution in [2.75, 3.05) is 56.1 Å². The van der Waals surface area contributed by atoms with Crippen molar-refractivity contribution in [3.05, 3.63) is 76.8 Å². The summed E-state index contributed by atoms with van der Waals surface area (Å²) in [4.78, 5) is 36.0. The highest BCUT2D eigenvalue weighted by molar-refractivity contribution is 9.09. The summed E-state index contributed by atoms with van der Waals surface area (Å²) in [5.74, 6) is -1.26. The van der Waals surface area contributed by atoms with Crippen LogP contribution in [0.4, 0.5) is 19.0 Å². The number of anilines is 1. The number of ether oxygens (including phenoxy) is 1. The van der Waals surface area contributed by atoms with Crippen LogP contribution in [-0.4, -0.2) is 99.6 Å². The van der Waals surface area contributed by atoms with Gasteiger partial charge >= 0.3 is 6.01 Å². The standard InChI is InChI=1S/C35H32BrClF3N7O2/c1-41-16-23-19-45(13-14-47(23)27(48)7-3-11-36)33-25-17-42-31(24-6-2-5-21-8-9-26(39)29(37)28(21)24)30(40)32(25)43-34(44-33)49-20-35-10-4-12-46(35)18-22(38)15-35/h2-3,5-9,17,22-23H,4,10-16,18-20H2/b7-3+/t22-,23+,35+/m1/s1. The number of alkyl halides is 2. The predicted octanol–water partition coefficient (Wildman–Crippen LogP) is 6.62.